The lowest BCUT2D eigenvalue weighted by Gasteiger charge is -2.39. The van der Waals surface area contributed by atoms with E-state index in [9.17, 15) is 4.79 Å². The number of aryl methyl sites for hydroxylation is 1. The molecule has 1 saturated heterocycles. The Morgan fingerprint density at radius 2 is 1.84 bits per heavy atom. The summed E-state index contributed by atoms with van der Waals surface area (Å²) >= 11 is 0. The first kappa shape index (κ1) is 24.7. The van der Waals surface area contributed by atoms with Gasteiger partial charge in [-0.3, -0.25) is 0 Å². The van der Waals surface area contributed by atoms with Crippen LogP contribution in [0.25, 0.3) is 27.9 Å². The zero-order chi connectivity index (χ0) is 26.5. The lowest BCUT2D eigenvalue weighted by molar-refractivity contribution is 0.000297. The highest BCUT2D eigenvalue weighted by molar-refractivity contribution is 6.08. The van der Waals surface area contributed by atoms with E-state index in [4.69, 9.17) is 9.47 Å². The quantitative estimate of drug-likeness (QED) is 0.246. The fourth-order valence-corrected chi connectivity index (χ4v) is 6.45. The van der Waals surface area contributed by atoms with Gasteiger partial charge in [-0.05, 0) is 66.9 Å². The van der Waals surface area contributed by atoms with Crippen LogP contribution < -0.4 is 4.90 Å². The van der Waals surface area contributed by atoms with E-state index < -0.39 is 5.72 Å². The molecule has 6 rings (SSSR count). The SMILES string of the molecule is CCCCn1c2ccccc2c2cc(/C=C/C34OCCN3c3ccc(C(=O)OCC)cc3C4(C)C)ccc21. The minimum Gasteiger partial charge on any atom is -0.462 e. The Labute approximate surface area is 224 Å². The summed E-state index contributed by atoms with van der Waals surface area (Å²) < 4.78 is 14.3. The Morgan fingerprint density at radius 1 is 1.03 bits per heavy atom. The van der Waals surface area contributed by atoms with Crippen molar-refractivity contribution in [3.63, 3.8) is 0 Å². The van der Waals surface area contributed by atoms with Crippen molar-refractivity contribution >= 4 is 39.5 Å². The second-order valence-corrected chi connectivity index (χ2v) is 10.9. The summed E-state index contributed by atoms with van der Waals surface area (Å²) in [4.78, 5) is 14.8. The Bertz CT molecular complexity index is 1560. The molecule has 4 aromatic rings. The predicted octanol–water partition coefficient (Wildman–Crippen LogP) is 7.31. The Kier molecular flexibility index (Phi) is 6.07. The number of fused-ring (bicyclic) bond motifs is 6. The molecular formula is C33H36N2O3. The summed E-state index contributed by atoms with van der Waals surface area (Å²) in [6, 6.07) is 21.4. The van der Waals surface area contributed by atoms with Crippen molar-refractivity contribution in [3.05, 3.63) is 83.4 Å². The molecule has 1 unspecified atom stereocenters. The van der Waals surface area contributed by atoms with Crippen molar-refractivity contribution in [2.45, 2.75) is 58.2 Å². The van der Waals surface area contributed by atoms with Gasteiger partial charge in [0.25, 0.3) is 0 Å². The number of esters is 1. The maximum absolute atomic E-state index is 12.5. The van der Waals surface area contributed by atoms with Gasteiger partial charge in [-0.15, -0.1) is 0 Å². The smallest absolute Gasteiger partial charge is 0.338 e. The van der Waals surface area contributed by atoms with E-state index in [2.05, 4.69) is 84.9 Å². The molecule has 0 bridgehead atoms. The topological polar surface area (TPSA) is 43.7 Å². The third kappa shape index (κ3) is 3.59. The van der Waals surface area contributed by atoms with Gasteiger partial charge in [0.05, 0.1) is 18.8 Å². The van der Waals surface area contributed by atoms with Gasteiger partial charge in [0, 0.05) is 46.0 Å². The highest BCUT2D eigenvalue weighted by Gasteiger charge is 2.59. The molecule has 0 saturated carbocycles. The number of unbranched alkanes of at least 4 members (excludes halogenated alkanes) is 1. The van der Waals surface area contributed by atoms with Crippen LogP contribution in [0.2, 0.25) is 0 Å². The second-order valence-electron chi connectivity index (χ2n) is 10.9. The van der Waals surface area contributed by atoms with Crippen molar-refractivity contribution in [2.75, 3.05) is 24.7 Å². The molecule has 38 heavy (non-hydrogen) atoms. The average molecular weight is 509 g/mol. The van der Waals surface area contributed by atoms with E-state index in [0.29, 0.717) is 18.8 Å². The molecule has 1 fully saturated rings. The molecule has 5 nitrogen and oxygen atoms in total. The van der Waals surface area contributed by atoms with Gasteiger partial charge in [0.2, 0.25) is 0 Å². The number of rotatable bonds is 7. The standard InChI is InChI=1S/C33H36N2O3/c1-5-7-18-34-28-11-9-8-10-25(28)26-21-23(12-14-29(26)34)16-17-33-32(3,4)27-22-24(31(36)37-6-2)13-15-30(27)35(33)19-20-38-33/h8-17,21-22H,5-7,18-20H2,1-4H3/b17-16+. The van der Waals surface area contributed by atoms with Crippen molar-refractivity contribution < 1.29 is 14.3 Å². The number of hydrogen-bond acceptors (Lipinski definition) is 4. The van der Waals surface area contributed by atoms with E-state index in [1.54, 1.807) is 0 Å². The molecule has 1 atom stereocenters. The number of para-hydroxylation sites is 1. The molecule has 1 aromatic heterocycles. The fourth-order valence-electron chi connectivity index (χ4n) is 6.45. The third-order valence-electron chi connectivity index (χ3n) is 8.44. The van der Waals surface area contributed by atoms with Crippen molar-refractivity contribution in [1.29, 1.82) is 0 Å². The first-order chi connectivity index (χ1) is 18.4. The minimum absolute atomic E-state index is 0.282. The molecule has 3 aromatic carbocycles. The average Bonchev–Trinajstić information content (AvgIpc) is 3.55. The van der Waals surface area contributed by atoms with Gasteiger partial charge in [0.15, 0.2) is 5.72 Å². The van der Waals surface area contributed by atoms with Crippen LogP contribution in [0.15, 0.2) is 66.7 Å². The maximum Gasteiger partial charge on any atom is 0.338 e. The Balaban J connectivity index is 1.40. The molecular weight excluding hydrogens is 472 g/mol. The third-order valence-corrected chi connectivity index (χ3v) is 8.44. The van der Waals surface area contributed by atoms with Crippen molar-refractivity contribution in [2.24, 2.45) is 0 Å². The Morgan fingerprint density at radius 3 is 2.66 bits per heavy atom. The van der Waals surface area contributed by atoms with Crippen LogP contribution in [-0.2, 0) is 21.4 Å². The number of nitrogens with zero attached hydrogens (tertiary/aromatic N) is 2. The van der Waals surface area contributed by atoms with Gasteiger partial charge in [0.1, 0.15) is 0 Å². The van der Waals surface area contributed by atoms with Gasteiger partial charge >= 0.3 is 5.97 Å². The van der Waals surface area contributed by atoms with Crippen LogP contribution in [0.4, 0.5) is 5.69 Å². The summed E-state index contributed by atoms with van der Waals surface area (Å²) in [6.07, 6.45) is 6.77. The summed E-state index contributed by atoms with van der Waals surface area (Å²) in [7, 11) is 0. The predicted molar refractivity (Wildman–Crippen MR) is 155 cm³/mol. The molecule has 2 aliphatic rings. The number of carbonyl (C=O) groups is 1. The number of benzene rings is 3. The van der Waals surface area contributed by atoms with Crippen LogP contribution in [-0.4, -0.2) is 36.0 Å². The van der Waals surface area contributed by atoms with Crippen LogP contribution in [0, 0.1) is 0 Å². The zero-order valence-corrected chi connectivity index (χ0v) is 22.8. The molecule has 3 heterocycles. The first-order valence-electron chi connectivity index (χ1n) is 13.8. The monoisotopic (exact) mass is 508 g/mol. The number of anilines is 1. The van der Waals surface area contributed by atoms with Crippen LogP contribution in [0.5, 0.6) is 0 Å². The van der Waals surface area contributed by atoms with Gasteiger partial charge in [-0.2, -0.15) is 0 Å². The molecule has 2 aliphatic heterocycles. The first-order valence-corrected chi connectivity index (χ1v) is 13.8. The largest absolute Gasteiger partial charge is 0.462 e. The number of ether oxygens (including phenoxy) is 2. The molecule has 0 spiro atoms. The fraction of sp³-hybridized carbons (Fsp3) is 0.364. The van der Waals surface area contributed by atoms with Crippen molar-refractivity contribution in [3.8, 4) is 0 Å². The highest BCUT2D eigenvalue weighted by Crippen LogP contribution is 2.55. The van der Waals surface area contributed by atoms with E-state index in [0.717, 1.165) is 29.9 Å². The Hall–Kier alpha value is -3.57. The van der Waals surface area contributed by atoms with Gasteiger partial charge < -0.3 is 18.9 Å². The summed E-state index contributed by atoms with van der Waals surface area (Å²) in [5.74, 6) is -0.282. The van der Waals surface area contributed by atoms with Gasteiger partial charge in [-0.25, -0.2) is 4.79 Å². The number of carbonyl (C=O) groups excluding carboxylic acids is 1. The minimum atomic E-state index is -0.618. The second kappa shape index (κ2) is 9.32. The van der Waals surface area contributed by atoms with E-state index in [-0.39, 0.29) is 11.4 Å². The highest BCUT2D eigenvalue weighted by atomic mass is 16.5. The summed E-state index contributed by atoms with van der Waals surface area (Å²) in [6.45, 7) is 11.4. The van der Waals surface area contributed by atoms with E-state index in [1.807, 2.05) is 25.1 Å². The zero-order valence-electron chi connectivity index (χ0n) is 22.8. The lowest BCUT2D eigenvalue weighted by Crippen LogP contribution is -2.51. The molecule has 0 aliphatic carbocycles. The molecule has 0 radical (unpaired) electrons. The van der Waals surface area contributed by atoms with Crippen LogP contribution in [0.1, 0.15) is 62.0 Å². The normalized spacial score (nSPS) is 19.9. The number of aromatic nitrogens is 1. The van der Waals surface area contributed by atoms with E-state index >= 15 is 0 Å². The molecule has 5 heteroatoms. The van der Waals surface area contributed by atoms with Crippen LogP contribution >= 0.6 is 0 Å². The maximum atomic E-state index is 12.5. The van der Waals surface area contributed by atoms with Crippen molar-refractivity contribution in [1.82, 2.24) is 4.57 Å². The molecule has 196 valence electrons. The van der Waals surface area contributed by atoms with Gasteiger partial charge in [-0.1, -0.05) is 57.5 Å². The molecule has 0 N–H and O–H groups in total. The summed E-state index contributed by atoms with van der Waals surface area (Å²) in [5.41, 5.74) is 5.58. The van der Waals surface area contributed by atoms with Crippen LogP contribution in [0.3, 0.4) is 0 Å². The van der Waals surface area contributed by atoms with E-state index in [1.165, 1.54) is 34.6 Å². The number of hydrogen-bond donors (Lipinski definition) is 0. The lowest BCUT2D eigenvalue weighted by atomic mass is 9.77. The molecule has 0 amide bonds. The summed E-state index contributed by atoms with van der Waals surface area (Å²) in [5, 5.41) is 2.58.